The van der Waals surface area contributed by atoms with Gasteiger partial charge in [-0.25, -0.2) is 0 Å². The summed E-state index contributed by atoms with van der Waals surface area (Å²) >= 11 is 6.35. The number of carbonyl (C=O) groups is 2. The van der Waals surface area contributed by atoms with Crippen LogP contribution in [0.25, 0.3) is 32.6 Å². The smallest absolute Gasteiger partial charge is 0.274 e. The number of carbonyl (C=O) groups excluding carboxylic acids is 2. The topological polar surface area (TPSA) is 115 Å². The highest BCUT2D eigenvalue weighted by molar-refractivity contribution is 6.19. The Bertz CT molecular complexity index is 1990. The number of ketones is 1. The number of aromatic amines is 2. The number of hydrogen-bond acceptors (Lipinski definition) is 4. The Hall–Kier alpha value is -4.75. The van der Waals surface area contributed by atoms with E-state index >= 15 is 0 Å². The predicted molar refractivity (Wildman–Crippen MR) is 160 cm³/mol. The third kappa shape index (κ3) is 3.89. The number of halogens is 1. The number of aromatic hydroxyl groups is 1. The van der Waals surface area contributed by atoms with Crippen molar-refractivity contribution >= 4 is 67.2 Å². The fraction of sp³-hybridized carbons (Fsp3) is 0.125. The first-order chi connectivity index (χ1) is 19.4. The van der Waals surface area contributed by atoms with Crippen molar-refractivity contribution in [3.05, 3.63) is 101 Å². The maximum Gasteiger partial charge on any atom is 0.274 e. The first-order valence-corrected chi connectivity index (χ1v) is 13.6. The number of Topliss-reactive ketones (excluding diaryl/α,β-unsaturated/α-hetero) is 1. The van der Waals surface area contributed by atoms with Crippen molar-refractivity contribution in [1.82, 2.24) is 9.97 Å². The van der Waals surface area contributed by atoms with Crippen LogP contribution in [0.2, 0.25) is 0 Å². The molecule has 1 atom stereocenters. The van der Waals surface area contributed by atoms with E-state index in [0.717, 1.165) is 43.7 Å². The van der Waals surface area contributed by atoms with Crippen LogP contribution >= 0.6 is 11.6 Å². The number of phenols is 1. The van der Waals surface area contributed by atoms with Crippen LogP contribution in [-0.4, -0.2) is 39.2 Å². The van der Waals surface area contributed by atoms with Gasteiger partial charge < -0.3 is 25.7 Å². The normalized spacial score (nSPS) is 14.8. The molecule has 8 heteroatoms. The van der Waals surface area contributed by atoms with Crippen molar-refractivity contribution in [2.24, 2.45) is 0 Å². The van der Waals surface area contributed by atoms with Gasteiger partial charge in [0.05, 0.1) is 11.4 Å². The maximum absolute atomic E-state index is 13.7. The quantitative estimate of drug-likeness (QED) is 0.112. The molecule has 0 bridgehead atoms. The average Bonchev–Trinajstić information content (AvgIpc) is 3.67. The summed E-state index contributed by atoms with van der Waals surface area (Å²) in [4.78, 5) is 34.9. The van der Waals surface area contributed by atoms with Gasteiger partial charge in [0.1, 0.15) is 11.4 Å². The van der Waals surface area contributed by atoms with E-state index in [2.05, 4.69) is 9.97 Å². The number of hydrogen-bond donors (Lipinski definition) is 4. The van der Waals surface area contributed by atoms with Gasteiger partial charge in [-0.1, -0.05) is 30.3 Å². The molecule has 2 aromatic heterocycles. The molecule has 1 aliphatic rings. The molecule has 3 heterocycles. The summed E-state index contributed by atoms with van der Waals surface area (Å²) in [5.74, 6) is 0.212. The van der Waals surface area contributed by atoms with E-state index in [1.54, 1.807) is 17.0 Å². The molecule has 0 unspecified atom stereocenters. The summed E-state index contributed by atoms with van der Waals surface area (Å²) < 4.78 is 0. The van der Waals surface area contributed by atoms with Crippen LogP contribution in [0.15, 0.2) is 78.9 Å². The molecule has 0 saturated carbocycles. The van der Waals surface area contributed by atoms with Gasteiger partial charge in [-0.15, -0.1) is 11.6 Å². The lowest BCUT2D eigenvalue weighted by molar-refractivity contribution is 0.0978. The Balaban J connectivity index is 1.18. The molecule has 0 aliphatic carbocycles. The third-order valence-electron chi connectivity index (χ3n) is 7.80. The largest absolute Gasteiger partial charge is 0.507 e. The molecule has 4 aromatic carbocycles. The summed E-state index contributed by atoms with van der Waals surface area (Å²) in [5, 5.41) is 14.1. The highest BCUT2D eigenvalue weighted by Crippen LogP contribution is 2.45. The lowest BCUT2D eigenvalue weighted by atomic mass is 9.95. The second-order valence-electron chi connectivity index (χ2n) is 10.4. The van der Waals surface area contributed by atoms with Gasteiger partial charge in [-0.05, 0) is 59.0 Å². The van der Waals surface area contributed by atoms with E-state index in [1.165, 1.54) is 0 Å². The van der Waals surface area contributed by atoms with E-state index in [0.29, 0.717) is 35.2 Å². The van der Waals surface area contributed by atoms with Crippen molar-refractivity contribution in [2.75, 3.05) is 23.1 Å². The van der Waals surface area contributed by atoms with E-state index in [-0.39, 0.29) is 29.8 Å². The number of rotatable bonds is 5. The standard InChI is InChI=1S/C32H25ClN4O3/c33-15-20-16-37(28-14-29(38)22-3-1-2-4-23(22)31(20)28)32(40)27-13-18-9-17(5-7-24(18)36-27)10-30(39)26-12-19-11-21(34)6-8-25(19)35-26/h1-9,11-14,20,35-36,38H,10,15-16,34H2/t20-/m1/s1. The molecule has 7 rings (SSSR count). The van der Waals surface area contributed by atoms with E-state index in [9.17, 15) is 14.7 Å². The second kappa shape index (κ2) is 9.17. The molecular formula is C32H25ClN4O3. The van der Waals surface area contributed by atoms with Crippen LogP contribution in [0.5, 0.6) is 5.75 Å². The highest BCUT2D eigenvalue weighted by Gasteiger charge is 2.35. The minimum absolute atomic E-state index is 0.0335. The number of nitrogen functional groups attached to an aromatic ring is 1. The van der Waals surface area contributed by atoms with E-state index in [4.69, 9.17) is 17.3 Å². The molecule has 0 saturated heterocycles. The minimum atomic E-state index is -0.199. The first-order valence-electron chi connectivity index (χ1n) is 13.0. The summed E-state index contributed by atoms with van der Waals surface area (Å²) in [6, 6.07) is 24.1. The molecule has 7 nitrogen and oxygen atoms in total. The summed E-state index contributed by atoms with van der Waals surface area (Å²) in [6.07, 6.45) is 0.218. The molecule has 1 amide bonds. The van der Waals surface area contributed by atoms with Crippen LogP contribution in [0.3, 0.4) is 0 Å². The Kier molecular flexibility index (Phi) is 5.57. The van der Waals surface area contributed by atoms with Crippen LogP contribution < -0.4 is 10.6 Å². The van der Waals surface area contributed by atoms with E-state index < -0.39 is 0 Å². The monoisotopic (exact) mass is 548 g/mol. The number of anilines is 2. The molecule has 0 radical (unpaired) electrons. The fourth-order valence-corrected chi connectivity index (χ4v) is 6.13. The lowest BCUT2D eigenvalue weighted by Gasteiger charge is -2.17. The third-order valence-corrected chi connectivity index (χ3v) is 8.17. The van der Waals surface area contributed by atoms with Crippen LogP contribution in [0, 0.1) is 0 Å². The maximum atomic E-state index is 13.7. The number of H-pyrrole nitrogens is 2. The molecule has 0 fully saturated rings. The molecule has 198 valence electrons. The summed E-state index contributed by atoms with van der Waals surface area (Å²) in [6.45, 7) is 0.427. The number of alkyl halides is 1. The van der Waals surface area contributed by atoms with Crippen LogP contribution in [-0.2, 0) is 6.42 Å². The first kappa shape index (κ1) is 24.3. The number of nitrogens with one attached hydrogen (secondary N) is 2. The molecule has 1 aliphatic heterocycles. The molecule has 5 N–H and O–H groups in total. The van der Waals surface area contributed by atoms with Crippen molar-refractivity contribution in [1.29, 1.82) is 0 Å². The molecule has 40 heavy (non-hydrogen) atoms. The molecule has 6 aromatic rings. The molecule has 0 spiro atoms. The van der Waals surface area contributed by atoms with Gasteiger partial charge in [0.15, 0.2) is 5.78 Å². The number of nitrogens with two attached hydrogens (primary N) is 1. The SMILES string of the molecule is Nc1ccc2[nH]c(C(=O)Cc3ccc4[nH]c(C(=O)N5C[C@@H](CCl)c6c5cc(O)c5ccccc65)cc4c3)cc2c1. The number of phenolic OH excluding ortho intramolecular Hbond substituents is 1. The number of nitrogens with zero attached hydrogens (tertiary/aromatic N) is 1. The van der Waals surface area contributed by atoms with Crippen molar-refractivity contribution < 1.29 is 14.7 Å². The lowest BCUT2D eigenvalue weighted by Crippen LogP contribution is -2.30. The minimum Gasteiger partial charge on any atom is -0.507 e. The van der Waals surface area contributed by atoms with Gasteiger partial charge in [0.25, 0.3) is 5.91 Å². The Morgan fingerprint density at radius 3 is 2.40 bits per heavy atom. The van der Waals surface area contributed by atoms with Crippen molar-refractivity contribution in [3.8, 4) is 5.75 Å². The zero-order valence-corrected chi connectivity index (χ0v) is 22.1. The van der Waals surface area contributed by atoms with Gasteiger partial charge in [0.2, 0.25) is 0 Å². The second-order valence-corrected chi connectivity index (χ2v) is 10.7. The van der Waals surface area contributed by atoms with Crippen molar-refractivity contribution in [3.63, 3.8) is 0 Å². The Morgan fingerprint density at radius 2 is 1.60 bits per heavy atom. The van der Waals surface area contributed by atoms with E-state index in [1.807, 2.05) is 66.7 Å². The zero-order chi connectivity index (χ0) is 27.5. The van der Waals surface area contributed by atoms with Crippen LogP contribution in [0.1, 0.15) is 38.0 Å². The zero-order valence-electron chi connectivity index (χ0n) is 21.4. The van der Waals surface area contributed by atoms with Crippen molar-refractivity contribution in [2.45, 2.75) is 12.3 Å². The van der Waals surface area contributed by atoms with Crippen LogP contribution in [0.4, 0.5) is 11.4 Å². The number of benzene rings is 4. The Morgan fingerprint density at radius 1 is 0.900 bits per heavy atom. The predicted octanol–water partition coefficient (Wildman–Crippen LogP) is 6.50. The number of aromatic nitrogens is 2. The number of amides is 1. The summed E-state index contributed by atoms with van der Waals surface area (Å²) in [5.41, 5.74) is 11.6. The van der Waals surface area contributed by atoms with Gasteiger partial charge >= 0.3 is 0 Å². The van der Waals surface area contributed by atoms with Gasteiger partial charge in [0, 0.05) is 63.7 Å². The fourth-order valence-electron chi connectivity index (χ4n) is 5.88. The average molecular weight is 549 g/mol. The number of fused-ring (bicyclic) bond motifs is 5. The van der Waals surface area contributed by atoms with Gasteiger partial charge in [-0.2, -0.15) is 0 Å². The Labute approximate surface area is 234 Å². The summed E-state index contributed by atoms with van der Waals surface area (Å²) in [7, 11) is 0. The highest BCUT2D eigenvalue weighted by atomic mass is 35.5. The van der Waals surface area contributed by atoms with Gasteiger partial charge in [-0.3, -0.25) is 9.59 Å². The molecular weight excluding hydrogens is 524 g/mol.